The molecule has 3 rings (SSSR count). The first-order valence-corrected chi connectivity index (χ1v) is 6.95. The van der Waals surface area contributed by atoms with E-state index in [1.165, 1.54) is 0 Å². The number of hydrogen-bond donors (Lipinski definition) is 2. The third-order valence-electron chi connectivity index (χ3n) is 4.36. The SMILES string of the molecule is CC1(C(=O)O)CCN(C(=O)c2ccc3cn[nH]c3c2)CC1. The number of carboxylic acids is 1. The summed E-state index contributed by atoms with van der Waals surface area (Å²) in [6, 6.07) is 5.43. The molecule has 1 fully saturated rings. The van der Waals surface area contributed by atoms with Gasteiger partial charge in [-0.25, -0.2) is 0 Å². The Morgan fingerprint density at radius 1 is 1.33 bits per heavy atom. The van der Waals surface area contributed by atoms with Crippen LogP contribution in [0.15, 0.2) is 24.4 Å². The number of amides is 1. The number of nitrogens with zero attached hydrogens (tertiary/aromatic N) is 2. The second-order valence-electron chi connectivity index (χ2n) is 5.83. The second-order valence-corrected chi connectivity index (χ2v) is 5.83. The third kappa shape index (κ3) is 2.37. The minimum Gasteiger partial charge on any atom is -0.481 e. The first kappa shape index (κ1) is 13.6. The lowest BCUT2D eigenvalue weighted by Gasteiger charge is -2.36. The average Bonchev–Trinajstić information content (AvgIpc) is 2.94. The minimum atomic E-state index is -0.784. The van der Waals surface area contributed by atoms with Crippen LogP contribution in [-0.2, 0) is 4.79 Å². The Hall–Kier alpha value is -2.37. The van der Waals surface area contributed by atoms with E-state index in [0.717, 1.165) is 10.9 Å². The maximum absolute atomic E-state index is 12.5. The molecular formula is C15H17N3O3. The Labute approximate surface area is 121 Å². The fourth-order valence-corrected chi connectivity index (χ4v) is 2.67. The summed E-state index contributed by atoms with van der Waals surface area (Å²) >= 11 is 0. The van der Waals surface area contributed by atoms with Gasteiger partial charge in [-0.1, -0.05) is 6.07 Å². The molecule has 2 heterocycles. The zero-order valence-electron chi connectivity index (χ0n) is 11.8. The van der Waals surface area contributed by atoms with E-state index in [9.17, 15) is 14.7 Å². The Morgan fingerprint density at radius 2 is 2.05 bits per heavy atom. The van der Waals surface area contributed by atoms with Crippen LogP contribution in [0, 0.1) is 5.41 Å². The second kappa shape index (κ2) is 4.87. The van der Waals surface area contributed by atoms with E-state index in [0.29, 0.717) is 31.5 Å². The molecule has 21 heavy (non-hydrogen) atoms. The number of hydrogen-bond acceptors (Lipinski definition) is 3. The van der Waals surface area contributed by atoms with E-state index >= 15 is 0 Å². The summed E-state index contributed by atoms with van der Waals surface area (Å²) in [5.74, 6) is -0.840. The predicted octanol–water partition coefficient (Wildman–Crippen LogP) is 1.89. The number of fused-ring (bicyclic) bond motifs is 1. The van der Waals surface area contributed by atoms with Gasteiger partial charge in [0.05, 0.1) is 17.1 Å². The lowest BCUT2D eigenvalue weighted by atomic mass is 9.80. The van der Waals surface area contributed by atoms with Gasteiger partial charge in [0.2, 0.25) is 0 Å². The summed E-state index contributed by atoms with van der Waals surface area (Å²) in [6.45, 7) is 2.69. The lowest BCUT2D eigenvalue weighted by Crippen LogP contribution is -2.45. The molecule has 0 atom stereocenters. The number of H-pyrrole nitrogens is 1. The molecule has 0 bridgehead atoms. The molecule has 1 aliphatic rings. The zero-order chi connectivity index (χ0) is 15.0. The van der Waals surface area contributed by atoms with Crippen molar-refractivity contribution < 1.29 is 14.7 Å². The Kier molecular flexibility index (Phi) is 3.16. The lowest BCUT2D eigenvalue weighted by molar-refractivity contribution is -0.150. The fraction of sp³-hybridized carbons (Fsp3) is 0.400. The van der Waals surface area contributed by atoms with Gasteiger partial charge in [0.1, 0.15) is 0 Å². The molecular weight excluding hydrogens is 270 g/mol. The van der Waals surface area contributed by atoms with Gasteiger partial charge in [0.25, 0.3) is 5.91 Å². The summed E-state index contributed by atoms with van der Waals surface area (Å²) in [7, 11) is 0. The molecule has 110 valence electrons. The number of likely N-dealkylation sites (tertiary alicyclic amines) is 1. The van der Waals surface area contributed by atoms with Crippen molar-refractivity contribution in [2.45, 2.75) is 19.8 Å². The van der Waals surface area contributed by atoms with Crippen LogP contribution >= 0.6 is 0 Å². The normalized spacial score (nSPS) is 17.9. The van der Waals surface area contributed by atoms with Gasteiger partial charge in [-0.15, -0.1) is 0 Å². The maximum Gasteiger partial charge on any atom is 0.309 e. The van der Waals surface area contributed by atoms with E-state index < -0.39 is 11.4 Å². The molecule has 1 aromatic carbocycles. The van der Waals surface area contributed by atoms with Gasteiger partial charge in [-0.3, -0.25) is 14.7 Å². The molecule has 0 radical (unpaired) electrons. The van der Waals surface area contributed by atoms with Crippen LogP contribution in [0.4, 0.5) is 0 Å². The minimum absolute atomic E-state index is 0.0565. The number of aromatic amines is 1. The summed E-state index contributed by atoms with van der Waals surface area (Å²) < 4.78 is 0. The highest BCUT2D eigenvalue weighted by molar-refractivity contribution is 5.97. The van der Waals surface area contributed by atoms with Gasteiger partial charge in [-0.05, 0) is 31.9 Å². The molecule has 6 nitrogen and oxygen atoms in total. The largest absolute Gasteiger partial charge is 0.481 e. The number of carboxylic acid groups (broad SMARTS) is 1. The first-order valence-electron chi connectivity index (χ1n) is 6.95. The molecule has 0 unspecified atom stereocenters. The van der Waals surface area contributed by atoms with Crippen molar-refractivity contribution in [3.05, 3.63) is 30.0 Å². The first-order chi connectivity index (χ1) is 9.99. The Bertz CT molecular complexity index is 699. The summed E-state index contributed by atoms with van der Waals surface area (Å²) in [5, 5.41) is 17.0. The predicted molar refractivity (Wildman–Crippen MR) is 77.0 cm³/mol. The highest BCUT2D eigenvalue weighted by Gasteiger charge is 2.38. The fourth-order valence-electron chi connectivity index (χ4n) is 2.67. The average molecular weight is 287 g/mol. The monoisotopic (exact) mass is 287 g/mol. The van der Waals surface area contributed by atoms with Crippen molar-refractivity contribution in [2.24, 2.45) is 5.41 Å². The number of benzene rings is 1. The molecule has 1 aliphatic heterocycles. The standard InChI is InChI=1S/C15H17N3O3/c1-15(14(20)21)4-6-18(7-5-15)13(19)10-2-3-11-9-16-17-12(11)8-10/h2-3,8-9H,4-7H2,1H3,(H,16,17)(H,20,21). The number of rotatable bonds is 2. The summed E-state index contributed by atoms with van der Waals surface area (Å²) in [4.78, 5) is 25.4. The van der Waals surface area contributed by atoms with Crippen molar-refractivity contribution in [3.8, 4) is 0 Å². The topological polar surface area (TPSA) is 86.3 Å². The number of carbonyl (C=O) groups excluding carboxylic acids is 1. The molecule has 1 aromatic heterocycles. The van der Waals surface area contributed by atoms with E-state index in [1.54, 1.807) is 30.2 Å². The zero-order valence-corrected chi connectivity index (χ0v) is 11.8. The van der Waals surface area contributed by atoms with Crippen LogP contribution in [-0.4, -0.2) is 45.2 Å². The Balaban J connectivity index is 1.76. The van der Waals surface area contributed by atoms with Crippen molar-refractivity contribution >= 4 is 22.8 Å². The van der Waals surface area contributed by atoms with Gasteiger partial charge in [0.15, 0.2) is 0 Å². The smallest absolute Gasteiger partial charge is 0.309 e. The van der Waals surface area contributed by atoms with Crippen molar-refractivity contribution in [3.63, 3.8) is 0 Å². The summed E-state index contributed by atoms with van der Waals surface area (Å²) in [5.41, 5.74) is 0.711. The van der Waals surface area contributed by atoms with Crippen molar-refractivity contribution in [2.75, 3.05) is 13.1 Å². The van der Waals surface area contributed by atoms with E-state index in [2.05, 4.69) is 10.2 Å². The highest BCUT2D eigenvalue weighted by atomic mass is 16.4. The van der Waals surface area contributed by atoms with Gasteiger partial charge >= 0.3 is 5.97 Å². The number of aromatic nitrogens is 2. The molecule has 0 aliphatic carbocycles. The van der Waals surface area contributed by atoms with E-state index in [4.69, 9.17) is 0 Å². The van der Waals surface area contributed by atoms with Gasteiger partial charge in [-0.2, -0.15) is 5.10 Å². The quantitative estimate of drug-likeness (QED) is 0.883. The molecule has 1 amide bonds. The summed E-state index contributed by atoms with van der Waals surface area (Å²) in [6.07, 6.45) is 2.68. The van der Waals surface area contributed by atoms with E-state index in [-0.39, 0.29) is 5.91 Å². The van der Waals surface area contributed by atoms with Gasteiger partial charge in [0, 0.05) is 24.0 Å². The molecule has 0 spiro atoms. The van der Waals surface area contributed by atoms with Gasteiger partial charge < -0.3 is 10.0 Å². The van der Waals surface area contributed by atoms with Crippen LogP contribution in [0.25, 0.3) is 10.9 Å². The van der Waals surface area contributed by atoms with Crippen LogP contribution in [0.3, 0.4) is 0 Å². The number of aliphatic carboxylic acids is 1. The van der Waals surface area contributed by atoms with Crippen molar-refractivity contribution in [1.82, 2.24) is 15.1 Å². The molecule has 2 N–H and O–H groups in total. The van der Waals surface area contributed by atoms with Crippen LogP contribution in [0.5, 0.6) is 0 Å². The van der Waals surface area contributed by atoms with Crippen LogP contribution in [0.1, 0.15) is 30.1 Å². The number of carbonyl (C=O) groups is 2. The number of piperidine rings is 1. The highest BCUT2D eigenvalue weighted by Crippen LogP contribution is 2.31. The molecule has 1 saturated heterocycles. The van der Waals surface area contributed by atoms with Crippen LogP contribution < -0.4 is 0 Å². The molecule has 0 saturated carbocycles. The maximum atomic E-state index is 12.5. The van der Waals surface area contributed by atoms with E-state index in [1.807, 2.05) is 6.07 Å². The third-order valence-corrected chi connectivity index (χ3v) is 4.36. The molecule has 6 heteroatoms. The molecule has 2 aromatic rings. The van der Waals surface area contributed by atoms with Crippen LogP contribution in [0.2, 0.25) is 0 Å². The number of nitrogens with one attached hydrogen (secondary N) is 1. The van der Waals surface area contributed by atoms with Crippen molar-refractivity contribution in [1.29, 1.82) is 0 Å². The Morgan fingerprint density at radius 3 is 2.71 bits per heavy atom.